The summed E-state index contributed by atoms with van der Waals surface area (Å²) in [5, 5.41) is 8.96. The summed E-state index contributed by atoms with van der Waals surface area (Å²) in [6.45, 7) is -0.134. The predicted molar refractivity (Wildman–Crippen MR) is 97.3 cm³/mol. The molecule has 0 saturated carbocycles. The Bertz CT molecular complexity index is 834. The number of hydrogen-bond acceptors (Lipinski definition) is 4. The molecule has 0 bridgehead atoms. The third-order valence-corrected chi connectivity index (χ3v) is 4.16. The maximum atomic E-state index is 13.5. The van der Waals surface area contributed by atoms with Gasteiger partial charge in [0, 0.05) is 18.7 Å². The predicted octanol–water partition coefficient (Wildman–Crippen LogP) is 3.03. The fourth-order valence-electron chi connectivity index (χ4n) is 2.75. The molecular formula is C20H21F2NO5. The van der Waals surface area contributed by atoms with Crippen LogP contribution in [0.3, 0.4) is 0 Å². The third-order valence-electron chi connectivity index (χ3n) is 4.16. The summed E-state index contributed by atoms with van der Waals surface area (Å²) in [5.41, 5.74) is 0.868. The van der Waals surface area contributed by atoms with E-state index in [9.17, 15) is 18.4 Å². The van der Waals surface area contributed by atoms with Crippen LogP contribution in [0.25, 0.3) is 0 Å². The van der Waals surface area contributed by atoms with Gasteiger partial charge in [0.1, 0.15) is 11.5 Å². The first-order chi connectivity index (χ1) is 13.3. The highest BCUT2D eigenvalue weighted by Crippen LogP contribution is 2.29. The zero-order chi connectivity index (χ0) is 20.7. The Labute approximate surface area is 161 Å². The summed E-state index contributed by atoms with van der Waals surface area (Å²) in [5.74, 6) is -2.58. The van der Waals surface area contributed by atoms with Gasteiger partial charge in [-0.1, -0.05) is 12.1 Å². The van der Waals surface area contributed by atoms with Gasteiger partial charge in [-0.25, -0.2) is 8.78 Å². The minimum Gasteiger partial charge on any atom is -0.496 e. The Balaban J connectivity index is 2.26. The van der Waals surface area contributed by atoms with E-state index in [0.29, 0.717) is 22.6 Å². The molecular weight excluding hydrogens is 372 g/mol. The first-order valence-electron chi connectivity index (χ1n) is 8.49. The van der Waals surface area contributed by atoms with Gasteiger partial charge < -0.3 is 19.5 Å². The molecule has 0 fully saturated rings. The van der Waals surface area contributed by atoms with Gasteiger partial charge in [-0.3, -0.25) is 9.59 Å². The first-order valence-corrected chi connectivity index (χ1v) is 8.49. The molecule has 8 heteroatoms. The van der Waals surface area contributed by atoms with Gasteiger partial charge in [0.05, 0.1) is 27.1 Å². The molecule has 2 aromatic carbocycles. The van der Waals surface area contributed by atoms with Gasteiger partial charge >= 0.3 is 5.97 Å². The lowest BCUT2D eigenvalue weighted by molar-refractivity contribution is -0.138. The van der Waals surface area contributed by atoms with Gasteiger partial charge in [0.25, 0.3) is 0 Å². The van der Waals surface area contributed by atoms with Crippen molar-refractivity contribution in [1.29, 1.82) is 0 Å². The lowest BCUT2D eigenvalue weighted by atomic mass is 10.1. The number of nitrogens with zero attached hydrogens (tertiary/aromatic N) is 1. The smallest absolute Gasteiger partial charge is 0.305 e. The number of amides is 1. The number of carbonyl (C=O) groups excluding carboxylic acids is 1. The number of carboxylic acid groups (broad SMARTS) is 1. The fourth-order valence-corrected chi connectivity index (χ4v) is 2.75. The lowest BCUT2D eigenvalue weighted by Crippen LogP contribution is -2.34. The van der Waals surface area contributed by atoms with Crippen molar-refractivity contribution < 1.29 is 33.0 Å². The van der Waals surface area contributed by atoms with Crippen LogP contribution in [0.2, 0.25) is 0 Å². The summed E-state index contributed by atoms with van der Waals surface area (Å²) in [7, 11) is 2.93. The van der Waals surface area contributed by atoms with Crippen molar-refractivity contribution in [3.05, 3.63) is 59.2 Å². The molecule has 0 radical (unpaired) electrons. The molecule has 0 heterocycles. The summed E-state index contributed by atoms with van der Waals surface area (Å²) in [6.07, 6.45) is -0.380. The van der Waals surface area contributed by atoms with Crippen LogP contribution < -0.4 is 9.47 Å². The molecule has 28 heavy (non-hydrogen) atoms. The number of ether oxygens (including phenoxy) is 2. The topological polar surface area (TPSA) is 76.1 Å². The molecule has 0 aromatic heterocycles. The molecule has 0 atom stereocenters. The fraction of sp³-hybridized carbons (Fsp3) is 0.300. The largest absolute Gasteiger partial charge is 0.496 e. The van der Waals surface area contributed by atoms with E-state index in [4.69, 9.17) is 14.6 Å². The minimum absolute atomic E-state index is 0.0548. The molecule has 1 amide bonds. The molecule has 0 aliphatic heterocycles. The zero-order valence-corrected chi connectivity index (χ0v) is 15.6. The van der Waals surface area contributed by atoms with Gasteiger partial charge in [-0.15, -0.1) is 0 Å². The summed E-state index contributed by atoms with van der Waals surface area (Å²) in [6, 6.07) is 8.39. The van der Waals surface area contributed by atoms with Gasteiger partial charge in [-0.2, -0.15) is 0 Å². The standard InChI is InChI=1S/C20H21F2NO5/c1-27-17-4-3-5-18(28-2)14(17)11-19(24)23(9-8-20(25)26)12-13-6-7-15(21)16(22)10-13/h3-7,10H,8-9,11-12H2,1-2H3,(H,25,26). The van der Waals surface area contributed by atoms with Gasteiger partial charge in [0.15, 0.2) is 11.6 Å². The number of aliphatic carboxylic acids is 1. The van der Waals surface area contributed by atoms with Crippen LogP contribution in [0, 0.1) is 11.6 Å². The minimum atomic E-state index is -1.07. The van der Waals surface area contributed by atoms with E-state index in [1.165, 1.54) is 25.2 Å². The zero-order valence-electron chi connectivity index (χ0n) is 15.6. The molecule has 2 aromatic rings. The number of carboxylic acids is 1. The average Bonchev–Trinajstić information content (AvgIpc) is 2.67. The second kappa shape index (κ2) is 9.68. The quantitative estimate of drug-likeness (QED) is 0.709. The van der Waals surface area contributed by atoms with E-state index >= 15 is 0 Å². The highest BCUT2D eigenvalue weighted by atomic mass is 19.2. The van der Waals surface area contributed by atoms with Crippen LogP contribution in [-0.2, 0) is 22.6 Å². The molecule has 0 spiro atoms. The Morgan fingerprint density at radius 3 is 2.21 bits per heavy atom. The number of methoxy groups -OCH3 is 2. The molecule has 0 aliphatic carbocycles. The molecule has 1 N–H and O–H groups in total. The Morgan fingerprint density at radius 1 is 1.04 bits per heavy atom. The van der Waals surface area contributed by atoms with E-state index < -0.39 is 23.5 Å². The van der Waals surface area contributed by atoms with E-state index in [-0.39, 0.29) is 25.9 Å². The second-order valence-corrected chi connectivity index (χ2v) is 6.03. The first kappa shape index (κ1) is 21.1. The number of halogens is 2. The van der Waals surface area contributed by atoms with Crippen LogP contribution >= 0.6 is 0 Å². The summed E-state index contributed by atoms with van der Waals surface area (Å²) in [4.78, 5) is 25.1. The average molecular weight is 393 g/mol. The lowest BCUT2D eigenvalue weighted by Gasteiger charge is -2.23. The Kier molecular flexibility index (Phi) is 7.31. The SMILES string of the molecule is COc1cccc(OC)c1CC(=O)N(CCC(=O)O)Cc1ccc(F)c(F)c1. The third kappa shape index (κ3) is 5.42. The van der Waals surface area contributed by atoms with Crippen LogP contribution in [0.4, 0.5) is 8.78 Å². The van der Waals surface area contributed by atoms with Crippen molar-refractivity contribution in [2.45, 2.75) is 19.4 Å². The van der Waals surface area contributed by atoms with E-state index in [0.717, 1.165) is 12.1 Å². The van der Waals surface area contributed by atoms with Crippen LogP contribution in [-0.4, -0.2) is 42.6 Å². The molecule has 6 nitrogen and oxygen atoms in total. The van der Waals surface area contributed by atoms with Crippen molar-refractivity contribution >= 4 is 11.9 Å². The second-order valence-electron chi connectivity index (χ2n) is 6.03. The Morgan fingerprint density at radius 2 is 1.68 bits per heavy atom. The summed E-state index contributed by atoms with van der Waals surface area (Å²) >= 11 is 0. The van der Waals surface area contributed by atoms with E-state index in [2.05, 4.69) is 0 Å². The number of hydrogen-bond donors (Lipinski definition) is 1. The maximum Gasteiger partial charge on any atom is 0.305 e. The molecule has 2 rings (SSSR count). The van der Waals surface area contributed by atoms with Crippen LogP contribution in [0.5, 0.6) is 11.5 Å². The maximum absolute atomic E-state index is 13.5. The van der Waals surface area contributed by atoms with E-state index in [1.54, 1.807) is 18.2 Å². The number of benzene rings is 2. The Hall–Kier alpha value is -3.16. The number of carbonyl (C=O) groups is 2. The molecule has 150 valence electrons. The van der Waals surface area contributed by atoms with Gasteiger partial charge in [0.2, 0.25) is 5.91 Å². The molecule has 0 saturated heterocycles. The highest BCUT2D eigenvalue weighted by Gasteiger charge is 2.20. The molecule has 0 unspecified atom stereocenters. The molecule has 0 aliphatic rings. The van der Waals surface area contributed by atoms with Crippen LogP contribution in [0.15, 0.2) is 36.4 Å². The monoisotopic (exact) mass is 393 g/mol. The number of rotatable bonds is 9. The van der Waals surface area contributed by atoms with Crippen molar-refractivity contribution in [3.63, 3.8) is 0 Å². The highest BCUT2D eigenvalue weighted by molar-refractivity contribution is 5.81. The van der Waals surface area contributed by atoms with E-state index in [1.807, 2.05) is 0 Å². The van der Waals surface area contributed by atoms with Crippen LogP contribution in [0.1, 0.15) is 17.5 Å². The van der Waals surface area contributed by atoms with Crippen molar-refractivity contribution in [3.8, 4) is 11.5 Å². The summed E-state index contributed by atoms with van der Waals surface area (Å²) < 4.78 is 37.2. The normalized spacial score (nSPS) is 10.4. The van der Waals surface area contributed by atoms with Gasteiger partial charge in [-0.05, 0) is 29.8 Å². The van der Waals surface area contributed by atoms with Crippen molar-refractivity contribution in [2.75, 3.05) is 20.8 Å². The van der Waals surface area contributed by atoms with Crippen molar-refractivity contribution in [1.82, 2.24) is 4.90 Å². The van der Waals surface area contributed by atoms with Crippen molar-refractivity contribution in [2.24, 2.45) is 0 Å².